The van der Waals surface area contributed by atoms with Crippen molar-refractivity contribution in [1.29, 1.82) is 0 Å². The van der Waals surface area contributed by atoms with Crippen LogP contribution in [0.1, 0.15) is 59.4 Å². The highest BCUT2D eigenvalue weighted by Gasteiger charge is 2.21. The van der Waals surface area contributed by atoms with Gasteiger partial charge < -0.3 is 5.32 Å². The summed E-state index contributed by atoms with van der Waals surface area (Å²) in [6, 6.07) is 10.6. The molecule has 1 aromatic carbocycles. The fourth-order valence-electron chi connectivity index (χ4n) is 4.64. The van der Waals surface area contributed by atoms with Crippen LogP contribution >= 0.6 is 0 Å². The second kappa shape index (κ2) is 8.56. The number of aromatic nitrogens is 3. The number of benzene rings is 1. The molecular formula is C24H31N5O. The first-order valence-corrected chi connectivity index (χ1v) is 10.8. The first kappa shape index (κ1) is 20.5. The van der Waals surface area contributed by atoms with E-state index in [0.717, 1.165) is 40.2 Å². The van der Waals surface area contributed by atoms with E-state index in [9.17, 15) is 4.79 Å². The van der Waals surface area contributed by atoms with Crippen molar-refractivity contribution >= 4 is 22.6 Å². The van der Waals surface area contributed by atoms with E-state index in [1.54, 1.807) is 4.68 Å². The van der Waals surface area contributed by atoms with Crippen molar-refractivity contribution in [3.63, 3.8) is 0 Å². The molecule has 1 aliphatic carbocycles. The van der Waals surface area contributed by atoms with Gasteiger partial charge in [0, 0.05) is 31.0 Å². The third-order valence-corrected chi connectivity index (χ3v) is 6.22. The van der Waals surface area contributed by atoms with Crippen LogP contribution in [0.3, 0.4) is 0 Å². The Bertz CT molecular complexity index is 1060. The van der Waals surface area contributed by atoms with Crippen molar-refractivity contribution in [3.8, 4) is 0 Å². The Balaban J connectivity index is 1.60. The lowest BCUT2D eigenvalue weighted by Crippen LogP contribution is -2.33. The van der Waals surface area contributed by atoms with Crippen LogP contribution in [0.5, 0.6) is 0 Å². The Morgan fingerprint density at radius 1 is 1.20 bits per heavy atom. The van der Waals surface area contributed by atoms with Crippen molar-refractivity contribution in [2.24, 2.45) is 7.05 Å². The number of nitrogens with one attached hydrogen (secondary N) is 1. The molecule has 0 unspecified atom stereocenters. The molecule has 1 amide bonds. The van der Waals surface area contributed by atoms with Gasteiger partial charge in [-0.2, -0.15) is 5.10 Å². The number of nitrogens with zero attached hydrogens (tertiary/aromatic N) is 4. The smallest absolute Gasteiger partial charge is 0.256 e. The Hall–Kier alpha value is -2.73. The maximum atomic E-state index is 13.3. The standard InChI is InChI=1S/C24H31N5O/c1-16-14-20(22-17(2)27-29(4)23(22)25-16)24(30)26-21-13-9-8-10-18(21)15-28(3)19-11-6-5-7-12-19/h8-10,13-14,19H,5-7,11-12,15H2,1-4H3,(H,26,30). The van der Waals surface area contributed by atoms with Crippen molar-refractivity contribution in [1.82, 2.24) is 19.7 Å². The predicted octanol–water partition coefficient (Wildman–Crippen LogP) is 4.60. The van der Waals surface area contributed by atoms with E-state index in [2.05, 4.69) is 33.4 Å². The summed E-state index contributed by atoms with van der Waals surface area (Å²) in [5.74, 6) is -0.116. The van der Waals surface area contributed by atoms with Gasteiger partial charge in [0.2, 0.25) is 0 Å². The third-order valence-electron chi connectivity index (χ3n) is 6.22. The number of anilines is 1. The molecule has 0 atom stereocenters. The molecule has 1 aliphatic rings. The second-order valence-electron chi connectivity index (χ2n) is 8.54. The van der Waals surface area contributed by atoms with Gasteiger partial charge in [-0.15, -0.1) is 0 Å². The van der Waals surface area contributed by atoms with E-state index in [0.29, 0.717) is 11.6 Å². The summed E-state index contributed by atoms with van der Waals surface area (Å²) in [6.07, 6.45) is 6.51. The van der Waals surface area contributed by atoms with Crippen LogP contribution in [0.15, 0.2) is 30.3 Å². The van der Waals surface area contributed by atoms with E-state index in [1.165, 1.54) is 32.1 Å². The molecule has 158 valence electrons. The molecule has 1 fully saturated rings. The number of carbonyl (C=O) groups excluding carboxylic acids is 1. The molecule has 0 bridgehead atoms. The lowest BCUT2D eigenvalue weighted by atomic mass is 9.94. The number of hydrogen-bond acceptors (Lipinski definition) is 4. The summed E-state index contributed by atoms with van der Waals surface area (Å²) in [5.41, 5.74) is 5.00. The van der Waals surface area contributed by atoms with Crippen molar-refractivity contribution in [2.75, 3.05) is 12.4 Å². The quantitative estimate of drug-likeness (QED) is 0.674. The molecule has 2 heterocycles. The minimum atomic E-state index is -0.116. The molecular weight excluding hydrogens is 374 g/mol. The topological polar surface area (TPSA) is 63.1 Å². The van der Waals surface area contributed by atoms with Gasteiger partial charge in [0.1, 0.15) is 0 Å². The molecule has 4 rings (SSSR count). The van der Waals surface area contributed by atoms with Gasteiger partial charge in [-0.1, -0.05) is 37.5 Å². The molecule has 30 heavy (non-hydrogen) atoms. The van der Waals surface area contributed by atoms with E-state index < -0.39 is 0 Å². The zero-order valence-corrected chi connectivity index (χ0v) is 18.4. The Morgan fingerprint density at radius 2 is 1.93 bits per heavy atom. The number of carbonyl (C=O) groups is 1. The second-order valence-corrected chi connectivity index (χ2v) is 8.54. The van der Waals surface area contributed by atoms with Crippen molar-refractivity contribution in [2.45, 2.75) is 58.5 Å². The fourth-order valence-corrected chi connectivity index (χ4v) is 4.64. The van der Waals surface area contributed by atoms with Gasteiger partial charge in [-0.3, -0.25) is 14.4 Å². The summed E-state index contributed by atoms with van der Waals surface area (Å²) in [7, 11) is 4.06. The molecule has 1 N–H and O–H groups in total. The molecule has 0 spiro atoms. The Labute approximate surface area is 178 Å². The molecule has 0 aliphatic heterocycles. The van der Waals surface area contributed by atoms with Crippen molar-refractivity contribution in [3.05, 3.63) is 52.8 Å². The number of pyridine rings is 1. The average Bonchev–Trinajstić information content (AvgIpc) is 3.02. The minimum Gasteiger partial charge on any atom is -0.322 e. The van der Waals surface area contributed by atoms with E-state index in [4.69, 9.17) is 0 Å². The molecule has 2 aromatic heterocycles. The van der Waals surface area contributed by atoms with Gasteiger partial charge in [-0.25, -0.2) is 4.98 Å². The number of rotatable bonds is 5. The first-order valence-electron chi connectivity index (χ1n) is 10.8. The summed E-state index contributed by atoms with van der Waals surface area (Å²) >= 11 is 0. The van der Waals surface area contributed by atoms with Crippen LogP contribution in [0.4, 0.5) is 5.69 Å². The molecule has 6 nitrogen and oxygen atoms in total. The number of para-hydroxylation sites is 1. The number of amides is 1. The van der Waals surface area contributed by atoms with Gasteiger partial charge in [-0.05, 0) is 51.4 Å². The van der Waals surface area contributed by atoms with Gasteiger partial charge in [0.05, 0.1) is 16.6 Å². The SMILES string of the molecule is Cc1cc(C(=O)Nc2ccccc2CN(C)C2CCCCC2)c2c(C)nn(C)c2n1. The fraction of sp³-hybridized carbons (Fsp3) is 0.458. The summed E-state index contributed by atoms with van der Waals surface area (Å²) < 4.78 is 1.74. The molecule has 0 radical (unpaired) electrons. The van der Waals surface area contributed by atoms with E-state index in [1.807, 2.05) is 45.2 Å². The van der Waals surface area contributed by atoms with Gasteiger partial charge >= 0.3 is 0 Å². The maximum absolute atomic E-state index is 13.3. The Kier molecular flexibility index (Phi) is 5.86. The number of hydrogen-bond donors (Lipinski definition) is 1. The third kappa shape index (κ3) is 4.10. The van der Waals surface area contributed by atoms with Gasteiger partial charge in [0.25, 0.3) is 5.91 Å². The van der Waals surface area contributed by atoms with Crippen molar-refractivity contribution < 1.29 is 4.79 Å². The van der Waals surface area contributed by atoms with Crippen LogP contribution in [0.2, 0.25) is 0 Å². The highest BCUT2D eigenvalue weighted by atomic mass is 16.1. The van der Waals surface area contributed by atoms with Crippen LogP contribution in [0.25, 0.3) is 11.0 Å². The highest BCUT2D eigenvalue weighted by molar-refractivity contribution is 6.12. The summed E-state index contributed by atoms with van der Waals surface area (Å²) in [6.45, 7) is 4.66. The summed E-state index contributed by atoms with van der Waals surface area (Å²) in [4.78, 5) is 20.3. The Morgan fingerprint density at radius 3 is 2.70 bits per heavy atom. The van der Waals surface area contributed by atoms with Crippen LogP contribution in [0, 0.1) is 13.8 Å². The molecule has 6 heteroatoms. The minimum absolute atomic E-state index is 0.116. The molecule has 1 saturated carbocycles. The zero-order chi connectivity index (χ0) is 21.3. The maximum Gasteiger partial charge on any atom is 0.256 e. The van der Waals surface area contributed by atoms with E-state index in [-0.39, 0.29) is 5.91 Å². The highest BCUT2D eigenvalue weighted by Crippen LogP contribution is 2.26. The average molecular weight is 406 g/mol. The van der Waals surface area contributed by atoms with Crippen LogP contribution in [-0.2, 0) is 13.6 Å². The monoisotopic (exact) mass is 405 g/mol. The molecule has 3 aromatic rings. The lowest BCUT2D eigenvalue weighted by Gasteiger charge is -2.31. The molecule has 0 saturated heterocycles. The predicted molar refractivity (Wildman–Crippen MR) is 121 cm³/mol. The number of fused-ring (bicyclic) bond motifs is 1. The summed E-state index contributed by atoms with van der Waals surface area (Å²) in [5, 5.41) is 8.44. The first-order chi connectivity index (χ1) is 14.4. The number of aryl methyl sites for hydroxylation is 3. The van der Waals surface area contributed by atoms with E-state index >= 15 is 0 Å². The van der Waals surface area contributed by atoms with Crippen LogP contribution < -0.4 is 5.32 Å². The zero-order valence-electron chi connectivity index (χ0n) is 18.4. The largest absolute Gasteiger partial charge is 0.322 e. The van der Waals surface area contributed by atoms with Crippen LogP contribution in [-0.4, -0.2) is 38.7 Å². The lowest BCUT2D eigenvalue weighted by molar-refractivity contribution is 0.102. The van der Waals surface area contributed by atoms with Gasteiger partial charge in [0.15, 0.2) is 5.65 Å². The normalized spacial score (nSPS) is 15.1.